The second-order valence-corrected chi connectivity index (χ2v) is 9.07. The van der Waals surface area contributed by atoms with Crippen LogP contribution in [-0.4, -0.2) is 53.7 Å². The number of benzene rings is 1. The van der Waals surface area contributed by atoms with E-state index in [1.165, 1.54) is 13.2 Å². The number of phenols is 1. The predicted octanol–water partition coefficient (Wildman–Crippen LogP) is 3.61. The lowest BCUT2D eigenvalue weighted by atomic mass is 9.79. The molecule has 0 aliphatic carbocycles. The molecule has 7 heteroatoms. The van der Waals surface area contributed by atoms with Crippen molar-refractivity contribution in [2.75, 3.05) is 26.2 Å². The van der Waals surface area contributed by atoms with Gasteiger partial charge in [0, 0.05) is 35.8 Å². The fourth-order valence-corrected chi connectivity index (χ4v) is 4.46. The van der Waals surface area contributed by atoms with E-state index in [1.807, 2.05) is 12.1 Å². The lowest BCUT2D eigenvalue weighted by molar-refractivity contribution is 0.160. The Labute approximate surface area is 173 Å². The summed E-state index contributed by atoms with van der Waals surface area (Å²) in [5.74, 6) is 1.88. The van der Waals surface area contributed by atoms with Gasteiger partial charge in [0.2, 0.25) is 0 Å². The van der Waals surface area contributed by atoms with Gasteiger partial charge in [0.15, 0.2) is 17.3 Å². The first kappa shape index (κ1) is 21.2. The molecule has 29 heavy (non-hydrogen) atoms. The van der Waals surface area contributed by atoms with Crippen molar-refractivity contribution in [1.82, 2.24) is 15.5 Å². The number of hydrogen-bond donors (Lipinski definition) is 2. The zero-order valence-electron chi connectivity index (χ0n) is 18.4. The van der Waals surface area contributed by atoms with Gasteiger partial charge in [-0.1, -0.05) is 0 Å². The van der Waals surface area contributed by atoms with Crippen molar-refractivity contribution < 1.29 is 14.6 Å². The van der Waals surface area contributed by atoms with Gasteiger partial charge in [-0.3, -0.25) is 0 Å². The first-order valence-electron chi connectivity index (χ1n) is 9.86. The number of nitrogens with zero attached hydrogens (tertiary/aromatic N) is 3. The summed E-state index contributed by atoms with van der Waals surface area (Å²) in [5, 5.41) is 22.9. The molecular weight excluding hydrogens is 368 g/mol. The number of methoxy groups -OCH3 is 2. The van der Waals surface area contributed by atoms with Gasteiger partial charge in [0.05, 0.1) is 19.9 Å². The molecule has 2 aromatic rings. The summed E-state index contributed by atoms with van der Waals surface area (Å²) in [5.41, 5.74) is 1.24. The van der Waals surface area contributed by atoms with Crippen molar-refractivity contribution in [1.29, 1.82) is 0 Å². The van der Waals surface area contributed by atoms with Crippen LogP contribution in [0.3, 0.4) is 0 Å². The third-order valence-corrected chi connectivity index (χ3v) is 5.51. The van der Waals surface area contributed by atoms with Crippen molar-refractivity contribution in [2.24, 2.45) is 0 Å². The van der Waals surface area contributed by atoms with Crippen LogP contribution in [-0.2, 0) is 0 Å². The molecule has 1 saturated heterocycles. The summed E-state index contributed by atoms with van der Waals surface area (Å²) in [6.07, 6.45) is 2.04. The van der Waals surface area contributed by atoms with Crippen LogP contribution in [0.4, 0.5) is 5.82 Å². The van der Waals surface area contributed by atoms with Gasteiger partial charge in [-0.25, -0.2) is 0 Å². The van der Waals surface area contributed by atoms with Gasteiger partial charge in [0.1, 0.15) is 5.75 Å². The number of ether oxygens (including phenoxy) is 2. The van der Waals surface area contributed by atoms with Crippen LogP contribution in [0, 0.1) is 0 Å². The van der Waals surface area contributed by atoms with E-state index in [1.54, 1.807) is 13.2 Å². The quantitative estimate of drug-likeness (QED) is 0.793. The number of phenolic OH excluding ortho intramolecular Hbond substituents is 1. The molecule has 1 aliphatic rings. The summed E-state index contributed by atoms with van der Waals surface area (Å²) in [4.78, 5) is 2.20. The molecule has 1 aliphatic heterocycles. The summed E-state index contributed by atoms with van der Waals surface area (Å²) in [6.45, 7) is 8.96. The van der Waals surface area contributed by atoms with Gasteiger partial charge in [-0.2, -0.15) is 0 Å². The molecule has 0 radical (unpaired) electrons. The third kappa shape index (κ3) is 4.56. The van der Waals surface area contributed by atoms with Crippen molar-refractivity contribution in [3.8, 4) is 28.5 Å². The van der Waals surface area contributed by atoms with Crippen LogP contribution in [0.15, 0.2) is 24.3 Å². The van der Waals surface area contributed by atoms with Crippen molar-refractivity contribution in [3.05, 3.63) is 24.3 Å². The van der Waals surface area contributed by atoms with Crippen LogP contribution < -0.4 is 19.7 Å². The van der Waals surface area contributed by atoms with Crippen LogP contribution in [0.2, 0.25) is 0 Å². The molecule has 1 fully saturated rings. The highest BCUT2D eigenvalue weighted by atomic mass is 16.5. The number of nitrogens with one attached hydrogen (secondary N) is 1. The van der Waals surface area contributed by atoms with E-state index in [9.17, 15) is 5.11 Å². The van der Waals surface area contributed by atoms with E-state index in [-0.39, 0.29) is 16.8 Å². The number of anilines is 1. The van der Waals surface area contributed by atoms with E-state index in [2.05, 4.69) is 55.2 Å². The second-order valence-electron chi connectivity index (χ2n) is 9.07. The Morgan fingerprint density at radius 2 is 1.59 bits per heavy atom. The first-order chi connectivity index (χ1) is 13.5. The average Bonchev–Trinajstić information content (AvgIpc) is 2.65. The zero-order chi connectivity index (χ0) is 21.4. The lowest BCUT2D eigenvalue weighted by Crippen LogP contribution is -2.62. The Hall–Kier alpha value is -2.54. The maximum atomic E-state index is 10.4. The first-order valence-corrected chi connectivity index (χ1v) is 9.86. The van der Waals surface area contributed by atoms with E-state index in [0.29, 0.717) is 28.8 Å². The molecule has 2 heterocycles. The summed E-state index contributed by atoms with van der Waals surface area (Å²) >= 11 is 0. The number of hydrogen-bond acceptors (Lipinski definition) is 7. The fourth-order valence-electron chi connectivity index (χ4n) is 4.46. The molecule has 1 aromatic carbocycles. The summed E-state index contributed by atoms with van der Waals surface area (Å²) < 4.78 is 10.6. The van der Waals surface area contributed by atoms with E-state index in [0.717, 1.165) is 18.7 Å². The number of aromatic hydroxyl groups is 1. The minimum atomic E-state index is 0.0550. The molecule has 0 spiro atoms. The molecule has 158 valence electrons. The SMILES string of the molecule is COc1cc(O)c(-c2ccc(N(C)C3CC(C)(C)NC(C)(C)C3)nn2)cc1OC. The monoisotopic (exact) mass is 400 g/mol. The van der Waals surface area contributed by atoms with Gasteiger partial charge in [-0.15, -0.1) is 10.2 Å². The van der Waals surface area contributed by atoms with Crippen LogP contribution in [0.1, 0.15) is 40.5 Å². The molecule has 0 saturated carbocycles. The van der Waals surface area contributed by atoms with Crippen molar-refractivity contribution in [2.45, 2.75) is 57.7 Å². The smallest absolute Gasteiger partial charge is 0.164 e. The van der Waals surface area contributed by atoms with E-state index >= 15 is 0 Å². The number of rotatable bonds is 5. The van der Waals surface area contributed by atoms with Crippen molar-refractivity contribution >= 4 is 5.82 Å². The standard InChI is InChI=1S/C22H32N4O3/c1-21(2)12-14(13-22(3,4)25-21)26(5)20-9-8-16(23-24-20)15-10-18(28-6)19(29-7)11-17(15)27/h8-11,14,25,27H,12-13H2,1-7H3. The van der Waals surface area contributed by atoms with Crippen LogP contribution in [0.5, 0.6) is 17.2 Å². The zero-order valence-corrected chi connectivity index (χ0v) is 18.4. The highest BCUT2D eigenvalue weighted by molar-refractivity contribution is 5.71. The molecule has 7 nitrogen and oxygen atoms in total. The summed E-state index contributed by atoms with van der Waals surface area (Å²) in [6, 6.07) is 7.41. The van der Waals surface area contributed by atoms with E-state index < -0.39 is 0 Å². The van der Waals surface area contributed by atoms with E-state index in [4.69, 9.17) is 9.47 Å². The Morgan fingerprint density at radius 1 is 1.00 bits per heavy atom. The Kier molecular flexibility index (Phi) is 5.63. The average molecular weight is 401 g/mol. The molecule has 0 unspecified atom stereocenters. The van der Waals surface area contributed by atoms with Gasteiger partial charge >= 0.3 is 0 Å². The molecule has 1 aromatic heterocycles. The Morgan fingerprint density at radius 3 is 2.10 bits per heavy atom. The van der Waals surface area contributed by atoms with Gasteiger partial charge < -0.3 is 24.8 Å². The Bertz CT molecular complexity index is 849. The minimum Gasteiger partial charge on any atom is -0.507 e. The van der Waals surface area contributed by atoms with Gasteiger partial charge in [-0.05, 0) is 58.7 Å². The largest absolute Gasteiger partial charge is 0.507 e. The van der Waals surface area contributed by atoms with Crippen LogP contribution >= 0.6 is 0 Å². The molecular formula is C22H32N4O3. The highest BCUT2D eigenvalue weighted by Crippen LogP contribution is 2.39. The topological polar surface area (TPSA) is 79.7 Å². The maximum Gasteiger partial charge on any atom is 0.164 e. The lowest BCUT2D eigenvalue weighted by Gasteiger charge is -2.49. The summed E-state index contributed by atoms with van der Waals surface area (Å²) in [7, 11) is 5.16. The number of aromatic nitrogens is 2. The number of piperidine rings is 1. The fraction of sp³-hybridized carbons (Fsp3) is 0.545. The van der Waals surface area contributed by atoms with Crippen molar-refractivity contribution in [3.63, 3.8) is 0 Å². The molecule has 0 amide bonds. The third-order valence-electron chi connectivity index (χ3n) is 5.51. The highest BCUT2D eigenvalue weighted by Gasteiger charge is 2.39. The Balaban J connectivity index is 1.85. The second kappa shape index (κ2) is 7.71. The van der Waals surface area contributed by atoms with Gasteiger partial charge in [0.25, 0.3) is 0 Å². The molecule has 3 rings (SSSR count). The maximum absolute atomic E-state index is 10.4. The normalized spacial score (nSPS) is 18.3. The minimum absolute atomic E-state index is 0.0550. The van der Waals surface area contributed by atoms with Crippen LogP contribution in [0.25, 0.3) is 11.3 Å². The predicted molar refractivity (Wildman–Crippen MR) is 115 cm³/mol. The molecule has 2 N–H and O–H groups in total. The molecule has 0 atom stereocenters. The molecule has 0 bridgehead atoms.